The van der Waals surface area contributed by atoms with E-state index in [0.717, 1.165) is 37.6 Å². The maximum atomic E-state index is 14.2. The molecule has 0 aromatic heterocycles. The van der Waals surface area contributed by atoms with Gasteiger partial charge < -0.3 is 4.90 Å². The van der Waals surface area contributed by atoms with Gasteiger partial charge >= 0.3 is 0 Å². The molecule has 0 radical (unpaired) electrons. The number of benzene rings is 3. The van der Waals surface area contributed by atoms with Crippen LogP contribution in [-0.2, 0) is 0 Å². The molecule has 188 valence electrons. The summed E-state index contributed by atoms with van der Waals surface area (Å²) in [6.07, 6.45) is 6.44. The van der Waals surface area contributed by atoms with Crippen LogP contribution >= 0.6 is 0 Å². The van der Waals surface area contributed by atoms with E-state index >= 15 is 0 Å². The minimum atomic E-state index is -0.669. The molecule has 36 heavy (non-hydrogen) atoms. The van der Waals surface area contributed by atoms with Crippen LogP contribution < -0.4 is 4.90 Å². The third kappa shape index (κ3) is 5.22. The first-order valence-corrected chi connectivity index (χ1v) is 13.2. The molecule has 5 rings (SSSR count). The molecule has 0 bridgehead atoms. The number of hydrogen-bond acceptors (Lipinski definition) is 2. The summed E-state index contributed by atoms with van der Waals surface area (Å²) in [4.78, 5) is 18.0. The Labute approximate surface area is 212 Å². The van der Waals surface area contributed by atoms with Crippen molar-refractivity contribution in [1.29, 1.82) is 0 Å². The van der Waals surface area contributed by atoms with Gasteiger partial charge in [0.15, 0.2) is 0 Å². The van der Waals surface area contributed by atoms with Crippen LogP contribution in [0, 0.1) is 18.6 Å². The number of anilines is 1. The summed E-state index contributed by atoms with van der Waals surface area (Å²) >= 11 is 0. The third-order valence-corrected chi connectivity index (χ3v) is 8.01. The molecule has 2 fully saturated rings. The molecule has 1 aliphatic heterocycles. The van der Waals surface area contributed by atoms with Crippen LogP contribution in [-0.4, -0.2) is 36.0 Å². The maximum absolute atomic E-state index is 14.2. The number of nitrogens with zero attached hydrogens (tertiary/aromatic N) is 2. The second kappa shape index (κ2) is 10.9. The Balaban J connectivity index is 1.38. The summed E-state index contributed by atoms with van der Waals surface area (Å²) in [7, 11) is 0. The van der Waals surface area contributed by atoms with Crippen molar-refractivity contribution in [3.8, 4) is 0 Å². The molecule has 1 saturated carbocycles. The lowest BCUT2D eigenvalue weighted by Gasteiger charge is -2.45. The molecule has 1 amide bonds. The van der Waals surface area contributed by atoms with Crippen LogP contribution in [0.15, 0.2) is 72.8 Å². The Bertz CT molecular complexity index is 1170. The minimum Gasteiger partial charge on any atom is -0.305 e. The summed E-state index contributed by atoms with van der Waals surface area (Å²) in [6.45, 7) is 3.63. The zero-order valence-corrected chi connectivity index (χ0v) is 20.9. The molecule has 0 spiro atoms. The molecule has 2 unspecified atom stereocenters. The van der Waals surface area contributed by atoms with Gasteiger partial charge in [0.25, 0.3) is 5.91 Å². The minimum absolute atomic E-state index is 0.117. The fourth-order valence-corrected chi connectivity index (χ4v) is 6.23. The van der Waals surface area contributed by atoms with Gasteiger partial charge in [0.1, 0.15) is 11.6 Å². The SMILES string of the molecule is Cc1ccccc1C(=O)N(c1cc(F)cc(F)c1)C1CCN(C2CCCCC2c2ccccc2)CC1. The lowest BCUT2D eigenvalue weighted by molar-refractivity contribution is 0.0894. The van der Waals surface area contributed by atoms with Crippen molar-refractivity contribution in [1.82, 2.24) is 4.90 Å². The van der Waals surface area contributed by atoms with Crippen molar-refractivity contribution in [2.45, 2.75) is 63.5 Å². The van der Waals surface area contributed by atoms with Crippen LogP contribution in [0.1, 0.15) is 65.9 Å². The zero-order chi connectivity index (χ0) is 25.1. The van der Waals surface area contributed by atoms with E-state index in [2.05, 4.69) is 35.2 Å². The van der Waals surface area contributed by atoms with E-state index in [1.54, 1.807) is 11.0 Å². The molecule has 5 heteroatoms. The van der Waals surface area contributed by atoms with Gasteiger partial charge in [-0.25, -0.2) is 8.78 Å². The zero-order valence-electron chi connectivity index (χ0n) is 20.9. The third-order valence-electron chi connectivity index (χ3n) is 8.01. The summed E-state index contributed by atoms with van der Waals surface area (Å²) in [6, 6.07) is 22.0. The predicted molar refractivity (Wildman–Crippen MR) is 140 cm³/mol. The highest BCUT2D eigenvalue weighted by Crippen LogP contribution is 2.38. The maximum Gasteiger partial charge on any atom is 0.258 e. The average molecular weight is 489 g/mol. The smallest absolute Gasteiger partial charge is 0.258 e. The number of hydrogen-bond donors (Lipinski definition) is 0. The highest BCUT2D eigenvalue weighted by atomic mass is 19.1. The number of rotatable bonds is 5. The first kappa shape index (κ1) is 24.6. The molecule has 2 aliphatic rings. The molecular weight excluding hydrogens is 454 g/mol. The summed E-state index contributed by atoms with van der Waals surface area (Å²) in [5.41, 5.74) is 3.13. The molecule has 1 aliphatic carbocycles. The predicted octanol–water partition coefficient (Wildman–Crippen LogP) is 7.11. The monoisotopic (exact) mass is 488 g/mol. The molecule has 1 saturated heterocycles. The largest absolute Gasteiger partial charge is 0.305 e. The van der Waals surface area contributed by atoms with Crippen molar-refractivity contribution in [3.63, 3.8) is 0 Å². The fourth-order valence-electron chi connectivity index (χ4n) is 6.23. The van der Waals surface area contributed by atoms with Gasteiger partial charge in [-0.2, -0.15) is 0 Å². The number of halogens is 2. The highest BCUT2D eigenvalue weighted by molar-refractivity contribution is 6.07. The Morgan fingerprint density at radius 2 is 1.47 bits per heavy atom. The van der Waals surface area contributed by atoms with Crippen LogP contribution in [0.25, 0.3) is 0 Å². The number of likely N-dealkylation sites (tertiary alicyclic amines) is 1. The topological polar surface area (TPSA) is 23.6 Å². The lowest BCUT2D eigenvalue weighted by Crippen LogP contribution is -2.52. The van der Waals surface area contributed by atoms with Gasteiger partial charge in [-0.3, -0.25) is 9.69 Å². The van der Waals surface area contributed by atoms with Crippen LogP contribution in [0.2, 0.25) is 0 Å². The van der Waals surface area contributed by atoms with Crippen LogP contribution in [0.3, 0.4) is 0 Å². The van der Waals surface area contributed by atoms with Gasteiger partial charge in [-0.05, 0) is 67.9 Å². The van der Waals surface area contributed by atoms with E-state index in [9.17, 15) is 13.6 Å². The Hall–Kier alpha value is -3.05. The van der Waals surface area contributed by atoms with Crippen molar-refractivity contribution in [2.24, 2.45) is 0 Å². The summed E-state index contributed by atoms with van der Waals surface area (Å²) in [5.74, 6) is -1.01. The highest BCUT2D eigenvalue weighted by Gasteiger charge is 2.36. The standard InChI is InChI=1S/C31H34F2N2O/c1-22-9-5-6-12-28(22)31(36)35(27-20-24(32)19-25(33)21-27)26-15-17-34(18-16-26)30-14-8-7-13-29(30)23-10-3-2-4-11-23/h2-6,9-12,19-21,26,29-30H,7-8,13-18H2,1H3. The quantitative estimate of drug-likeness (QED) is 0.382. The fraction of sp³-hybridized carbons (Fsp3) is 0.387. The van der Waals surface area contributed by atoms with Crippen LogP contribution in [0.5, 0.6) is 0 Å². The Morgan fingerprint density at radius 3 is 2.17 bits per heavy atom. The molecule has 3 aromatic rings. The first-order chi connectivity index (χ1) is 17.5. The number of carbonyl (C=O) groups is 1. The number of aryl methyl sites for hydroxylation is 1. The molecule has 1 heterocycles. The van der Waals surface area contributed by atoms with Gasteiger partial charge in [-0.15, -0.1) is 0 Å². The van der Waals surface area contributed by atoms with Gasteiger partial charge in [0, 0.05) is 36.8 Å². The molecular formula is C31H34F2N2O. The first-order valence-electron chi connectivity index (χ1n) is 13.2. The van der Waals surface area contributed by atoms with Crippen LogP contribution in [0.4, 0.5) is 14.5 Å². The van der Waals surface area contributed by atoms with E-state index in [1.165, 1.54) is 43.4 Å². The van der Waals surface area contributed by atoms with Gasteiger partial charge in [0.2, 0.25) is 0 Å². The van der Waals surface area contributed by atoms with Gasteiger partial charge in [-0.1, -0.05) is 61.4 Å². The number of piperidine rings is 1. The van der Waals surface area contributed by atoms with E-state index in [4.69, 9.17) is 0 Å². The number of amides is 1. The molecule has 2 atom stereocenters. The molecule has 3 aromatic carbocycles. The molecule has 0 N–H and O–H groups in total. The average Bonchev–Trinajstić information content (AvgIpc) is 2.89. The number of carbonyl (C=O) groups excluding carboxylic acids is 1. The molecule has 3 nitrogen and oxygen atoms in total. The van der Waals surface area contributed by atoms with Crippen molar-refractivity contribution in [2.75, 3.05) is 18.0 Å². The Morgan fingerprint density at radius 1 is 0.833 bits per heavy atom. The van der Waals surface area contributed by atoms with Gasteiger partial charge in [0.05, 0.1) is 5.69 Å². The van der Waals surface area contributed by atoms with E-state index in [1.807, 2.05) is 25.1 Å². The van der Waals surface area contributed by atoms with Crippen molar-refractivity contribution in [3.05, 3.63) is 101 Å². The summed E-state index contributed by atoms with van der Waals surface area (Å²) in [5, 5.41) is 0. The van der Waals surface area contributed by atoms with E-state index in [0.29, 0.717) is 23.2 Å². The van der Waals surface area contributed by atoms with E-state index < -0.39 is 11.6 Å². The second-order valence-electron chi connectivity index (χ2n) is 10.3. The van der Waals surface area contributed by atoms with E-state index in [-0.39, 0.29) is 11.9 Å². The Kier molecular flexibility index (Phi) is 7.47. The summed E-state index contributed by atoms with van der Waals surface area (Å²) < 4.78 is 28.4. The van der Waals surface area contributed by atoms with Crippen molar-refractivity contribution < 1.29 is 13.6 Å². The second-order valence-corrected chi connectivity index (χ2v) is 10.3. The normalized spacial score (nSPS) is 21.3. The lowest BCUT2D eigenvalue weighted by atomic mass is 9.78. The van der Waals surface area contributed by atoms with Crippen molar-refractivity contribution >= 4 is 11.6 Å².